The molecule has 7 heteroatoms. The summed E-state index contributed by atoms with van der Waals surface area (Å²) in [6.07, 6.45) is 2.44. The topological polar surface area (TPSA) is 42.9 Å². The first-order valence-electron chi connectivity index (χ1n) is 8.58. The molecule has 1 aliphatic heterocycles. The molecule has 0 aliphatic carbocycles. The Kier molecular flexibility index (Phi) is 10.9. The second-order valence-electron chi connectivity index (χ2n) is 6.22. The molecule has 0 unspecified atom stereocenters. The number of guanidine groups is 1. The highest BCUT2D eigenvalue weighted by Crippen LogP contribution is 2.14. The van der Waals surface area contributed by atoms with Gasteiger partial charge in [0, 0.05) is 36.4 Å². The third kappa shape index (κ3) is 8.13. The highest BCUT2D eigenvalue weighted by Gasteiger charge is 2.11. The van der Waals surface area contributed by atoms with Crippen molar-refractivity contribution >= 4 is 41.3 Å². The van der Waals surface area contributed by atoms with Crippen LogP contribution in [0.1, 0.15) is 22.6 Å². The second kappa shape index (κ2) is 12.1. The average molecular weight is 465 g/mol. The second-order valence-corrected chi connectivity index (χ2v) is 7.59. The van der Waals surface area contributed by atoms with Gasteiger partial charge in [0.1, 0.15) is 0 Å². The summed E-state index contributed by atoms with van der Waals surface area (Å²) in [4.78, 5) is 12.0. The smallest absolute Gasteiger partial charge is 0.191 e. The van der Waals surface area contributed by atoms with Crippen LogP contribution in [0.4, 0.5) is 0 Å². The van der Waals surface area contributed by atoms with Crippen LogP contribution >= 0.6 is 35.3 Å². The molecule has 2 rings (SSSR count). The van der Waals surface area contributed by atoms with Crippen LogP contribution in [0.15, 0.2) is 17.1 Å². The molecule has 1 aromatic rings. The number of thiophene rings is 1. The summed E-state index contributed by atoms with van der Waals surface area (Å²) in [5, 5.41) is 6.80. The number of nitrogens with zero attached hydrogens (tertiary/aromatic N) is 3. The van der Waals surface area contributed by atoms with Crippen molar-refractivity contribution in [2.75, 3.05) is 53.4 Å². The minimum absolute atomic E-state index is 0. The van der Waals surface area contributed by atoms with Gasteiger partial charge in [-0.2, -0.15) is 0 Å². The van der Waals surface area contributed by atoms with Crippen molar-refractivity contribution in [2.45, 2.75) is 26.3 Å². The first-order chi connectivity index (χ1) is 11.2. The number of aryl methyl sites for hydroxylation is 1. The van der Waals surface area contributed by atoms with E-state index in [0.29, 0.717) is 0 Å². The Morgan fingerprint density at radius 2 is 2.04 bits per heavy atom. The summed E-state index contributed by atoms with van der Waals surface area (Å²) in [7, 11) is 4.05. The van der Waals surface area contributed by atoms with Gasteiger partial charge in [-0.1, -0.05) is 0 Å². The van der Waals surface area contributed by atoms with Gasteiger partial charge in [-0.25, -0.2) is 0 Å². The maximum absolute atomic E-state index is 4.30. The van der Waals surface area contributed by atoms with Crippen molar-refractivity contribution in [1.82, 2.24) is 20.4 Å². The Labute approximate surface area is 167 Å². The van der Waals surface area contributed by atoms with Crippen LogP contribution < -0.4 is 10.6 Å². The number of hydrogen-bond acceptors (Lipinski definition) is 4. The van der Waals surface area contributed by atoms with Crippen molar-refractivity contribution in [2.24, 2.45) is 4.99 Å². The van der Waals surface area contributed by atoms with Gasteiger partial charge in [0.05, 0.1) is 6.54 Å². The van der Waals surface area contributed by atoms with E-state index in [2.05, 4.69) is 51.5 Å². The van der Waals surface area contributed by atoms with Crippen molar-refractivity contribution in [3.63, 3.8) is 0 Å². The Bertz CT molecular complexity index is 491. The largest absolute Gasteiger partial charge is 0.356 e. The number of halogens is 1. The molecule has 1 aromatic heterocycles. The molecule has 0 bridgehead atoms. The molecule has 5 nitrogen and oxygen atoms in total. The minimum Gasteiger partial charge on any atom is -0.356 e. The summed E-state index contributed by atoms with van der Waals surface area (Å²) in [5.74, 6) is 0.895. The Balaban J connectivity index is 0.00000288. The molecular formula is C17H32IN5S. The summed E-state index contributed by atoms with van der Waals surface area (Å²) in [5.41, 5.74) is 0. The quantitative estimate of drug-likeness (QED) is 0.293. The summed E-state index contributed by atoms with van der Waals surface area (Å²) in [6.45, 7) is 9.97. The van der Waals surface area contributed by atoms with Gasteiger partial charge < -0.3 is 20.4 Å². The summed E-state index contributed by atoms with van der Waals surface area (Å²) >= 11 is 1.83. The van der Waals surface area contributed by atoms with Gasteiger partial charge in [-0.05, 0) is 58.6 Å². The molecule has 0 radical (unpaired) electrons. The van der Waals surface area contributed by atoms with Gasteiger partial charge in [-0.15, -0.1) is 35.3 Å². The highest BCUT2D eigenvalue weighted by molar-refractivity contribution is 14.0. The fourth-order valence-corrected chi connectivity index (χ4v) is 3.63. The van der Waals surface area contributed by atoms with Crippen LogP contribution in [-0.4, -0.2) is 69.1 Å². The number of nitrogens with one attached hydrogen (secondary N) is 2. The van der Waals surface area contributed by atoms with E-state index in [0.717, 1.165) is 25.5 Å². The van der Waals surface area contributed by atoms with E-state index in [1.165, 1.54) is 48.9 Å². The van der Waals surface area contributed by atoms with Crippen LogP contribution in [0.2, 0.25) is 0 Å². The number of hydrogen-bond donors (Lipinski definition) is 2. The van der Waals surface area contributed by atoms with Crippen molar-refractivity contribution in [1.29, 1.82) is 0 Å². The van der Waals surface area contributed by atoms with E-state index >= 15 is 0 Å². The third-order valence-electron chi connectivity index (χ3n) is 4.21. The zero-order chi connectivity index (χ0) is 16.5. The number of likely N-dealkylation sites (N-methyl/N-ethyl adjacent to an activating group) is 1. The molecule has 24 heavy (non-hydrogen) atoms. The van der Waals surface area contributed by atoms with E-state index in [-0.39, 0.29) is 24.0 Å². The molecule has 1 saturated heterocycles. The van der Waals surface area contributed by atoms with Gasteiger partial charge in [-0.3, -0.25) is 4.99 Å². The molecule has 0 spiro atoms. The van der Waals surface area contributed by atoms with Gasteiger partial charge in [0.15, 0.2) is 5.96 Å². The molecule has 1 fully saturated rings. The van der Waals surface area contributed by atoms with Gasteiger partial charge in [0.25, 0.3) is 0 Å². The predicted molar refractivity (Wildman–Crippen MR) is 116 cm³/mol. The fourth-order valence-electron chi connectivity index (χ4n) is 2.80. The van der Waals surface area contributed by atoms with Gasteiger partial charge >= 0.3 is 0 Å². The molecule has 1 aliphatic rings. The zero-order valence-corrected chi connectivity index (χ0v) is 18.3. The average Bonchev–Trinajstić information content (AvgIpc) is 2.85. The minimum atomic E-state index is 0. The van der Waals surface area contributed by atoms with Crippen LogP contribution in [-0.2, 0) is 6.54 Å². The summed E-state index contributed by atoms with van der Waals surface area (Å²) < 4.78 is 0. The molecule has 2 N–H and O–H groups in total. The normalized spacial score (nSPS) is 17.2. The first kappa shape index (κ1) is 21.7. The monoisotopic (exact) mass is 465 g/mol. The van der Waals surface area contributed by atoms with Crippen molar-refractivity contribution < 1.29 is 0 Å². The lowest BCUT2D eigenvalue weighted by atomic mass is 10.3. The standard InChI is InChI=1S/C17H31N5S.HI/c1-15-6-7-16(23-15)14-20-17(18-2)19-8-4-10-22-11-5-9-21(3)12-13-22;/h6-7H,4-5,8-14H2,1-3H3,(H2,18,19,20);1H. The Hall–Kier alpha value is -0.380. The maximum Gasteiger partial charge on any atom is 0.191 e. The molecule has 0 aromatic carbocycles. The van der Waals surface area contributed by atoms with Crippen LogP contribution in [0, 0.1) is 6.92 Å². The third-order valence-corrected chi connectivity index (χ3v) is 5.21. The van der Waals surface area contributed by atoms with Crippen LogP contribution in [0.5, 0.6) is 0 Å². The van der Waals surface area contributed by atoms with E-state index in [9.17, 15) is 0 Å². The first-order valence-corrected chi connectivity index (χ1v) is 9.40. The molecule has 0 saturated carbocycles. The van der Waals surface area contributed by atoms with Crippen molar-refractivity contribution in [3.05, 3.63) is 21.9 Å². The number of aliphatic imine (C=N–C) groups is 1. The van der Waals surface area contributed by atoms with E-state index < -0.39 is 0 Å². The van der Waals surface area contributed by atoms with E-state index in [1.54, 1.807) is 0 Å². The molecular weight excluding hydrogens is 433 g/mol. The van der Waals surface area contributed by atoms with E-state index in [4.69, 9.17) is 0 Å². The van der Waals surface area contributed by atoms with E-state index in [1.807, 2.05) is 18.4 Å². The zero-order valence-electron chi connectivity index (χ0n) is 15.2. The van der Waals surface area contributed by atoms with Crippen LogP contribution in [0.3, 0.4) is 0 Å². The molecule has 2 heterocycles. The number of rotatable bonds is 6. The SMILES string of the molecule is CN=C(NCCCN1CCCN(C)CC1)NCc1ccc(C)s1.I. The lowest BCUT2D eigenvalue weighted by Gasteiger charge is -2.20. The van der Waals surface area contributed by atoms with Gasteiger partial charge in [0.2, 0.25) is 0 Å². The lowest BCUT2D eigenvalue weighted by molar-refractivity contribution is 0.274. The predicted octanol–water partition coefficient (Wildman–Crippen LogP) is 2.37. The maximum atomic E-state index is 4.30. The fraction of sp³-hybridized carbons (Fsp3) is 0.706. The molecule has 0 amide bonds. The Morgan fingerprint density at radius 3 is 2.75 bits per heavy atom. The highest BCUT2D eigenvalue weighted by atomic mass is 127. The Morgan fingerprint density at radius 1 is 1.21 bits per heavy atom. The molecule has 0 atom stereocenters. The lowest BCUT2D eigenvalue weighted by Crippen LogP contribution is -2.38. The summed E-state index contributed by atoms with van der Waals surface area (Å²) in [6, 6.07) is 4.34. The van der Waals surface area contributed by atoms with Crippen LogP contribution in [0.25, 0.3) is 0 Å². The van der Waals surface area contributed by atoms with Crippen molar-refractivity contribution in [3.8, 4) is 0 Å². The molecule has 138 valence electrons.